The van der Waals surface area contributed by atoms with E-state index in [0.717, 1.165) is 24.8 Å². The van der Waals surface area contributed by atoms with Crippen molar-refractivity contribution in [3.8, 4) is 5.75 Å². The van der Waals surface area contributed by atoms with Gasteiger partial charge in [-0.1, -0.05) is 15.9 Å². The predicted molar refractivity (Wildman–Crippen MR) is 84.0 cm³/mol. The van der Waals surface area contributed by atoms with Crippen LogP contribution in [0.2, 0.25) is 0 Å². The van der Waals surface area contributed by atoms with Crippen molar-refractivity contribution in [2.45, 2.75) is 52.0 Å². The summed E-state index contributed by atoms with van der Waals surface area (Å²) < 4.78 is 7.01. The van der Waals surface area contributed by atoms with Gasteiger partial charge >= 0.3 is 0 Å². The lowest BCUT2D eigenvalue weighted by Gasteiger charge is -2.10. The fourth-order valence-electron chi connectivity index (χ4n) is 2.18. The molecule has 0 aromatic heterocycles. The highest BCUT2D eigenvalue weighted by molar-refractivity contribution is 9.10. The summed E-state index contributed by atoms with van der Waals surface area (Å²) in [6, 6.07) is 5.04. The summed E-state index contributed by atoms with van der Waals surface area (Å²) >= 11 is 3.58. The third-order valence-electron chi connectivity index (χ3n) is 3.51. The molecule has 1 fully saturated rings. The molecule has 0 saturated heterocycles. The molecule has 1 aliphatic carbocycles. The van der Waals surface area contributed by atoms with Gasteiger partial charge in [0.2, 0.25) is 0 Å². The summed E-state index contributed by atoms with van der Waals surface area (Å²) in [4.78, 5) is 0. The zero-order chi connectivity index (χ0) is 13.7. The van der Waals surface area contributed by atoms with E-state index in [-0.39, 0.29) is 0 Å². The van der Waals surface area contributed by atoms with Crippen LogP contribution in [0.5, 0.6) is 5.75 Å². The van der Waals surface area contributed by atoms with E-state index in [1.807, 2.05) is 0 Å². The lowest BCUT2D eigenvalue weighted by molar-refractivity contribution is 0.304. The zero-order valence-electron chi connectivity index (χ0n) is 12.0. The number of unbranched alkanes of at least 4 members (excludes halogenated alkanes) is 2. The van der Waals surface area contributed by atoms with Crippen LogP contribution in [-0.4, -0.2) is 19.2 Å². The van der Waals surface area contributed by atoms with Crippen LogP contribution >= 0.6 is 15.9 Å². The maximum absolute atomic E-state index is 5.82. The van der Waals surface area contributed by atoms with Gasteiger partial charge in [-0.3, -0.25) is 0 Å². The Morgan fingerprint density at radius 3 is 2.47 bits per heavy atom. The molecule has 106 valence electrons. The molecular weight excluding hydrogens is 302 g/mol. The molecule has 1 aromatic rings. The van der Waals surface area contributed by atoms with Crippen LogP contribution < -0.4 is 10.1 Å². The number of rotatable bonds is 8. The Hall–Kier alpha value is -0.540. The quantitative estimate of drug-likeness (QED) is 0.717. The monoisotopic (exact) mass is 325 g/mol. The van der Waals surface area contributed by atoms with Crippen molar-refractivity contribution in [2.75, 3.05) is 13.2 Å². The second kappa shape index (κ2) is 7.30. The lowest BCUT2D eigenvalue weighted by atomic mass is 10.1. The molecule has 2 rings (SSSR count). The van der Waals surface area contributed by atoms with Crippen LogP contribution in [0.4, 0.5) is 0 Å². The van der Waals surface area contributed by atoms with Gasteiger partial charge in [0.1, 0.15) is 5.75 Å². The average Bonchev–Trinajstić information content (AvgIpc) is 3.18. The molecule has 19 heavy (non-hydrogen) atoms. The minimum absolute atomic E-state index is 0.823. The summed E-state index contributed by atoms with van der Waals surface area (Å²) in [5.41, 5.74) is 2.48. The molecule has 0 radical (unpaired) electrons. The molecule has 2 nitrogen and oxygen atoms in total. The highest BCUT2D eigenvalue weighted by Gasteiger charge is 2.19. The first-order valence-corrected chi connectivity index (χ1v) is 8.09. The smallest absolute Gasteiger partial charge is 0.119 e. The van der Waals surface area contributed by atoms with Crippen molar-refractivity contribution in [3.05, 3.63) is 27.7 Å². The first kappa shape index (κ1) is 14.9. The number of hydrogen-bond donors (Lipinski definition) is 1. The molecule has 1 aromatic carbocycles. The van der Waals surface area contributed by atoms with E-state index in [1.165, 1.54) is 47.8 Å². The Balaban J connectivity index is 1.59. The number of benzene rings is 1. The Morgan fingerprint density at radius 2 is 1.84 bits per heavy atom. The third-order valence-corrected chi connectivity index (χ3v) is 4.76. The molecule has 3 heteroatoms. The Labute approximate surface area is 125 Å². The Morgan fingerprint density at radius 1 is 1.16 bits per heavy atom. The highest BCUT2D eigenvalue weighted by atomic mass is 79.9. The van der Waals surface area contributed by atoms with Crippen LogP contribution in [-0.2, 0) is 0 Å². The molecule has 1 aliphatic rings. The summed E-state index contributed by atoms with van der Waals surface area (Å²) in [7, 11) is 0. The van der Waals surface area contributed by atoms with Crippen molar-refractivity contribution in [1.82, 2.24) is 5.32 Å². The summed E-state index contributed by atoms with van der Waals surface area (Å²) in [5.74, 6) is 0.995. The van der Waals surface area contributed by atoms with Crippen molar-refractivity contribution in [3.63, 3.8) is 0 Å². The van der Waals surface area contributed by atoms with E-state index in [0.29, 0.717) is 0 Å². The van der Waals surface area contributed by atoms with Crippen LogP contribution in [0.25, 0.3) is 0 Å². The van der Waals surface area contributed by atoms with Crippen LogP contribution in [0.3, 0.4) is 0 Å². The summed E-state index contributed by atoms with van der Waals surface area (Å²) in [5, 5.41) is 3.54. The van der Waals surface area contributed by atoms with Gasteiger partial charge in [-0.05, 0) is 75.8 Å². The fraction of sp³-hybridized carbons (Fsp3) is 0.625. The molecule has 0 atom stereocenters. The van der Waals surface area contributed by atoms with Gasteiger partial charge in [0.15, 0.2) is 0 Å². The number of aryl methyl sites for hydroxylation is 2. The second-order valence-corrected chi connectivity index (χ2v) is 6.30. The van der Waals surface area contributed by atoms with E-state index in [4.69, 9.17) is 4.74 Å². The molecule has 0 heterocycles. The topological polar surface area (TPSA) is 21.3 Å². The van der Waals surface area contributed by atoms with E-state index in [2.05, 4.69) is 47.2 Å². The Bertz CT molecular complexity index is 392. The number of ether oxygens (including phenoxy) is 1. The molecule has 0 amide bonds. The SMILES string of the molecule is Cc1cc(OCCCCCNC2CC2)cc(C)c1Br. The van der Waals surface area contributed by atoms with Crippen molar-refractivity contribution < 1.29 is 4.74 Å². The molecule has 0 unspecified atom stereocenters. The lowest BCUT2D eigenvalue weighted by Crippen LogP contribution is -2.17. The number of halogens is 1. The molecule has 1 N–H and O–H groups in total. The fourth-order valence-corrected chi connectivity index (χ4v) is 2.41. The molecular formula is C16H24BrNO. The van der Waals surface area contributed by atoms with Gasteiger partial charge < -0.3 is 10.1 Å². The van der Waals surface area contributed by atoms with E-state index in [1.54, 1.807) is 0 Å². The Kier molecular flexibility index (Phi) is 5.71. The van der Waals surface area contributed by atoms with E-state index >= 15 is 0 Å². The normalized spacial score (nSPS) is 14.7. The number of nitrogens with one attached hydrogen (secondary N) is 1. The minimum Gasteiger partial charge on any atom is -0.494 e. The van der Waals surface area contributed by atoms with Crippen LogP contribution in [0.15, 0.2) is 16.6 Å². The van der Waals surface area contributed by atoms with Gasteiger partial charge in [0.05, 0.1) is 6.61 Å². The van der Waals surface area contributed by atoms with Crippen LogP contribution in [0.1, 0.15) is 43.2 Å². The minimum atomic E-state index is 0.823. The second-order valence-electron chi connectivity index (χ2n) is 5.51. The summed E-state index contributed by atoms with van der Waals surface area (Å²) in [6.07, 6.45) is 6.41. The van der Waals surface area contributed by atoms with Crippen molar-refractivity contribution >= 4 is 15.9 Å². The maximum Gasteiger partial charge on any atom is 0.119 e. The van der Waals surface area contributed by atoms with E-state index < -0.39 is 0 Å². The largest absolute Gasteiger partial charge is 0.494 e. The standard InChI is InChI=1S/C16H24BrNO/c1-12-10-15(11-13(2)16(12)17)19-9-5-3-4-8-18-14-6-7-14/h10-11,14,18H,3-9H2,1-2H3. The van der Waals surface area contributed by atoms with Crippen LogP contribution in [0, 0.1) is 13.8 Å². The maximum atomic E-state index is 5.82. The van der Waals surface area contributed by atoms with Crippen molar-refractivity contribution in [1.29, 1.82) is 0 Å². The van der Waals surface area contributed by atoms with Gasteiger partial charge in [0.25, 0.3) is 0 Å². The van der Waals surface area contributed by atoms with E-state index in [9.17, 15) is 0 Å². The van der Waals surface area contributed by atoms with Gasteiger partial charge in [-0.2, -0.15) is 0 Å². The summed E-state index contributed by atoms with van der Waals surface area (Å²) in [6.45, 7) is 6.20. The predicted octanol–water partition coefficient (Wildman–Crippen LogP) is 4.37. The molecule has 0 aliphatic heterocycles. The van der Waals surface area contributed by atoms with Gasteiger partial charge in [0, 0.05) is 10.5 Å². The van der Waals surface area contributed by atoms with Crippen molar-refractivity contribution in [2.24, 2.45) is 0 Å². The third kappa shape index (κ3) is 5.15. The first-order valence-electron chi connectivity index (χ1n) is 7.30. The molecule has 0 spiro atoms. The molecule has 0 bridgehead atoms. The zero-order valence-corrected chi connectivity index (χ0v) is 13.6. The van der Waals surface area contributed by atoms with Gasteiger partial charge in [-0.25, -0.2) is 0 Å². The number of hydrogen-bond acceptors (Lipinski definition) is 2. The first-order chi connectivity index (χ1) is 9.16. The van der Waals surface area contributed by atoms with Gasteiger partial charge in [-0.15, -0.1) is 0 Å². The molecule has 1 saturated carbocycles. The highest BCUT2D eigenvalue weighted by Crippen LogP contribution is 2.26. The average molecular weight is 326 g/mol.